The summed E-state index contributed by atoms with van der Waals surface area (Å²) in [6.07, 6.45) is -4.39. The molecule has 0 heterocycles. The molecule has 0 aliphatic heterocycles. The summed E-state index contributed by atoms with van der Waals surface area (Å²) < 4.78 is 37.7. The topological polar surface area (TPSA) is 23.8 Å². The van der Waals surface area contributed by atoms with Crippen molar-refractivity contribution in [1.29, 1.82) is 5.26 Å². The average Bonchev–Trinajstić information content (AvgIpc) is 2.14. The van der Waals surface area contributed by atoms with Crippen LogP contribution in [0.1, 0.15) is 11.1 Å². The van der Waals surface area contributed by atoms with Crippen LogP contribution in [0.2, 0.25) is 19.6 Å². The lowest BCUT2D eigenvalue weighted by Crippen LogP contribution is -2.38. The van der Waals surface area contributed by atoms with E-state index < -0.39 is 19.8 Å². The Balaban J connectivity index is 3.41. The van der Waals surface area contributed by atoms with Gasteiger partial charge < -0.3 is 0 Å². The van der Waals surface area contributed by atoms with Crippen LogP contribution in [-0.2, 0) is 6.18 Å². The average molecular weight is 243 g/mol. The predicted molar refractivity (Wildman–Crippen MR) is 59.1 cm³/mol. The summed E-state index contributed by atoms with van der Waals surface area (Å²) in [4.78, 5) is 0. The Morgan fingerprint density at radius 1 is 1.12 bits per heavy atom. The standard InChI is InChI=1S/C11H12F3NSi/c1-16(2,3)10-5-8(7-15)4-9(6-10)11(12,13)14/h4-6H,1-3H3. The minimum atomic E-state index is -4.39. The minimum absolute atomic E-state index is 0.0762. The highest BCUT2D eigenvalue weighted by Crippen LogP contribution is 2.29. The number of halogens is 3. The van der Waals surface area contributed by atoms with E-state index in [9.17, 15) is 13.2 Å². The SMILES string of the molecule is C[Si](C)(C)c1cc(C#N)cc(C(F)(F)F)c1. The summed E-state index contributed by atoms with van der Waals surface area (Å²) in [6.45, 7) is 5.84. The van der Waals surface area contributed by atoms with Crippen molar-refractivity contribution in [3.05, 3.63) is 29.3 Å². The molecule has 0 N–H and O–H groups in total. The molecule has 0 bridgehead atoms. The number of nitrogens with zero attached hydrogens (tertiary/aromatic N) is 1. The van der Waals surface area contributed by atoms with Crippen molar-refractivity contribution < 1.29 is 13.2 Å². The van der Waals surface area contributed by atoms with E-state index in [1.807, 2.05) is 19.6 Å². The van der Waals surface area contributed by atoms with Crippen LogP contribution in [0.5, 0.6) is 0 Å². The van der Waals surface area contributed by atoms with E-state index in [0.29, 0.717) is 5.19 Å². The van der Waals surface area contributed by atoms with Gasteiger partial charge in [0.2, 0.25) is 0 Å². The molecule has 0 atom stereocenters. The summed E-state index contributed by atoms with van der Waals surface area (Å²) in [5.74, 6) is 0. The van der Waals surface area contributed by atoms with Crippen molar-refractivity contribution in [3.8, 4) is 6.07 Å². The molecule has 86 valence electrons. The van der Waals surface area contributed by atoms with Crippen molar-refractivity contribution in [3.63, 3.8) is 0 Å². The maximum Gasteiger partial charge on any atom is 0.416 e. The van der Waals surface area contributed by atoms with Gasteiger partial charge >= 0.3 is 6.18 Å². The Morgan fingerprint density at radius 2 is 1.69 bits per heavy atom. The van der Waals surface area contributed by atoms with Crippen LogP contribution >= 0.6 is 0 Å². The Labute approximate surface area is 93.5 Å². The van der Waals surface area contributed by atoms with E-state index in [1.165, 1.54) is 0 Å². The van der Waals surface area contributed by atoms with Crippen LogP contribution in [0.4, 0.5) is 13.2 Å². The second-order valence-electron chi connectivity index (χ2n) is 4.66. The van der Waals surface area contributed by atoms with Gasteiger partial charge in [-0.15, -0.1) is 0 Å². The third-order valence-corrected chi connectivity index (χ3v) is 4.28. The molecule has 16 heavy (non-hydrogen) atoms. The van der Waals surface area contributed by atoms with E-state index in [1.54, 1.807) is 12.1 Å². The molecule has 0 aliphatic carbocycles. The fraction of sp³-hybridized carbons (Fsp3) is 0.364. The smallest absolute Gasteiger partial charge is 0.192 e. The molecule has 0 saturated heterocycles. The second kappa shape index (κ2) is 3.94. The lowest BCUT2D eigenvalue weighted by atomic mass is 10.1. The molecule has 0 saturated carbocycles. The van der Waals surface area contributed by atoms with E-state index >= 15 is 0 Å². The number of nitriles is 1. The summed E-state index contributed by atoms with van der Waals surface area (Å²) in [5, 5.41) is 9.37. The molecule has 0 unspecified atom stereocenters. The fourth-order valence-electron chi connectivity index (χ4n) is 1.29. The highest BCUT2D eigenvalue weighted by atomic mass is 28.3. The van der Waals surface area contributed by atoms with Crippen LogP contribution < -0.4 is 5.19 Å². The van der Waals surface area contributed by atoms with Crippen molar-refractivity contribution >= 4 is 13.3 Å². The third kappa shape index (κ3) is 2.86. The van der Waals surface area contributed by atoms with Crippen LogP contribution in [-0.4, -0.2) is 8.07 Å². The first-order valence-corrected chi connectivity index (χ1v) is 8.27. The maximum atomic E-state index is 12.6. The van der Waals surface area contributed by atoms with Crippen LogP contribution in [0.25, 0.3) is 0 Å². The van der Waals surface area contributed by atoms with Gasteiger partial charge in [-0.2, -0.15) is 18.4 Å². The highest BCUT2D eigenvalue weighted by Gasteiger charge is 2.32. The zero-order chi connectivity index (χ0) is 12.6. The summed E-state index contributed by atoms with van der Waals surface area (Å²) in [5.41, 5.74) is -0.656. The first kappa shape index (κ1) is 12.8. The fourth-order valence-corrected chi connectivity index (χ4v) is 2.47. The van der Waals surface area contributed by atoms with E-state index in [-0.39, 0.29) is 5.56 Å². The number of benzene rings is 1. The van der Waals surface area contributed by atoms with Crippen LogP contribution in [0, 0.1) is 11.3 Å². The largest absolute Gasteiger partial charge is 0.416 e. The molecule has 5 heteroatoms. The number of hydrogen-bond donors (Lipinski definition) is 0. The van der Waals surface area contributed by atoms with Gasteiger partial charge in [-0.25, -0.2) is 0 Å². The zero-order valence-electron chi connectivity index (χ0n) is 9.31. The molecule has 1 aromatic rings. The normalized spacial score (nSPS) is 12.3. The predicted octanol–water partition coefficient (Wildman–Crippen LogP) is 3.12. The Morgan fingerprint density at radius 3 is 2.06 bits per heavy atom. The minimum Gasteiger partial charge on any atom is -0.192 e. The van der Waals surface area contributed by atoms with Crippen molar-refractivity contribution in [1.82, 2.24) is 0 Å². The molecule has 1 aromatic carbocycles. The van der Waals surface area contributed by atoms with Gasteiger partial charge in [-0.05, 0) is 12.1 Å². The first-order valence-electron chi connectivity index (χ1n) is 4.77. The van der Waals surface area contributed by atoms with Gasteiger partial charge in [0.15, 0.2) is 0 Å². The Hall–Kier alpha value is -1.28. The number of rotatable bonds is 1. The number of hydrogen-bond acceptors (Lipinski definition) is 1. The van der Waals surface area contributed by atoms with Crippen molar-refractivity contribution in [2.75, 3.05) is 0 Å². The molecule has 1 rings (SSSR count). The molecule has 0 aliphatic rings. The zero-order valence-corrected chi connectivity index (χ0v) is 10.3. The van der Waals surface area contributed by atoms with E-state index in [2.05, 4.69) is 0 Å². The molecule has 0 radical (unpaired) electrons. The molecular weight excluding hydrogens is 231 g/mol. The number of alkyl halides is 3. The first-order chi connectivity index (χ1) is 7.14. The Kier molecular flexibility index (Phi) is 3.15. The lowest BCUT2D eigenvalue weighted by molar-refractivity contribution is -0.137. The quantitative estimate of drug-likeness (QED) is 0.695. The molecule has 0 spiro atoms. The van der Waals surface area contributed by atoms with Gasteiger partial charge in [-0.1, -0.05) is 30.9 Å². The van der Waals surface area contributed by atoms with E-state index in [4.69, 9.17) is 5.26 Å². The monoisotopic (exact) mass is 243 g/mol. The maximum absolute atomic E-state index is 12.6. The highest BCUT2D eigenvalue weighted by molar-refractivity contribution is 6.88. The van der Waals surface area contributed by atoms with Gasteiger partial charge in [0.1, 0.15) is 0 Å². The summed E-state index contributed by atoms with van der Waals surface area (Å²) >= 11 is 0. The lowest BCUT2D eigenvalue weighted by Gasteiger charge is -2.19. The summed E-state index contributed by atoms with van der Waals surface area (Å²) in [7, 11) is -1.84. The molecular formula is C11H12F3NSi. The van der Waals surface area contributed by atoms with Gasteiger partial charge in [-0.3, -0.25) is 0 Å². The van der Waals surface area contributed by atoms with Crippen LogP contribution in [0.15, 0.2) is 18.2 Å². The second-order valence-corrected chi connectivity index (χ2v) is 9.74. The van der Waals surface area contributed by atoms with Crippen molar-refractivity contribution in [2.45, 2.75) is 25.8 Å². The molecule has 0 fully saturated rings. The van der Waals surface area contributed by atoms with Gasteiger partial charge in [0.25, 0.3) is 0 Å². The molecule has 0 amide bonds. The third-order valence-electron chi connectivity index (χ3n) is 2.26. The molecule has 1 nitrogen and oxygen atoms in total. The Bertz CT molecular complexity index is 406. The van der Waals surface area contributed by atoms with Crippen LogP contribution in [0.3, 0.4) is 0 Å². The molecule has 0 aromatic heterocycles. The van der Waals surface area contributed by atoms with Crippen molar-refractivity contribution in [2.24, 2.45) is 0 Å². The van der Waals surface area contributed by atoms with Gasteiger partial charge in [0.05, 0.1) is 25.3 Å². The van der Waals surface area contributed by atoms with Gasteiger partial charge in [0, 0.05) is 0 Å². The van der Waals surface area contributed by atoms with E-state index in [0.717, 1.165) is 12.1 Å². The summed E-state index contributed by atoms with van der Waals surface area (Å²) in [6, 6.07) is 5.38.